The van der Waals surface area contributed by atoms with Crippen LogP contribution in [0, 0.1) is 23.4 Å². The number of rotatable bonds is 6. The summed E-state index contributed by atoms with van der Waals surface area (Å²) >= 11 is 0. The first-order valence-corrected chi connectivity index (χ1v) is 10.5. The molecule has 0 N–H and O–H groups in total. The van der Waals surface area contributed by atoms with Gasteiger partial charge in [-0.3, -0.25) is 0 Å². The van der Waals surface area contributed by atoms with Crippen LogP contribution in [0.5, 0.6) is 0 Å². The molecule has 1 aliphatic rings. The normalized spacial score (nSPS) is 20.0. The van der Waals surface area contributed by atoms with Crippen molar-refractivity contribution in [2.24, 2.45) is 5.92 Å². The highest BCUT2D eigenvalue weighted by Gasteiger charge is 2.22. The van der Waals surface area contributed by atoms with Gasteiger partial charge in [-0.05, 0) is 73.1 Å². The predicted octanol–water partition coefficient (Wildman–Crippen LogP) is 7.61. The molecule has 1 fully saturated rings. The molecule has 3 heteroatoms. The Hall–Kier alpha value is -2.03. The van der Waals surface area contributed by atoms with Crippen LogP contribution in [0.3, 0.4) is 0 Å². The molecule has 2 aromatic carbocycles. The van der Waals surface area contributed by atoms with Gasteiger partial charge in [-0.15, -0.1) is 0 Å². The first kappa shape index (κ1) is 20.7. The van der Waals surface area contributed by atoms with Crippen molar-refractivity contribution in [1.29, 1.82) is 0 Å². The summed E-state index contributed by atoms with van der Waals surface area (Å²) in [5.41, 5.74) is 2.60. The fourth-order valence-corrected chi connectivity index (χ4v) is 4.18. The molecule has 0 unspecified atom stereocenters. The third-order valence-electron chi connectivity index (χ3n) is 5.96. The predicted molar refractivity (Wildman–Crippen MR) is 110 cm³/mol. The molecule has 0 bridgehead atoms. The molecule has 150 valence electrons. The second-order valence-corrected chi connectivity index (χ2v) is 7.87. The Balaban J connectivity index is 1.61. The van der Waals surface area contributed by atoms with Crippen LogP contribution in [-0.2, 0) is 12.8 Å². The maximum atomic E-state index is 14.3. The van der Waals surface area contributed by atoms with Gasteiger partial charge in [0, 0.05) is 5.56 Å². The van der Waals surface area contributed by atoms with Gasteiger partial charge in [-0.2, -0.15) is 0 Å². The molecule has 0 aliphatic heterocycles. The number of halogens is 3. The average Bonchev–Trinajstić information content (AvgIpc) is 2.71. The van der Waals surface area contributed by atoms with Crippen molar-refractivity contribution < 1.29 is 13.2 Å². The van der Waals surface area contributed by atoms with Crippen LogP contribution in [0.25, 0.3) is 6.08 Å². The van der Waals surface area contributed by atoms with E-state index in [2.05, 4.69) is 6.07 Å². The van der Waals surface area contributed by atoms with Crippen molar-refractivity contribution in [3.05, 3.63) is 76.1 Å². The Bertz CT molecular complexity index is 830. The van der Waals surface area contributed by atoms with Crippen molar-refractivity contribution in [2.45, 2.75) is 64.7 Å². The summed E-state index contributed by atoms with van der Waals surface area (Å²) in [6.07, 6.45) is 9.73. The monoisotopic (exact) mass is 386 g/mol. The summed E-state index contributed by atoms with van der Waals surface area (Å²) in [7, 11) is 0. The van der Waals surface area contributed by atoms with E-state index in [4.69, 9.17) is 0 Å². The standard InChI is InChI=1S/C25H29F3/c1-3-5-20-13-14-21(25(28)24(20)27)11-8-17-6-9-19(10-7-17)22-15-12-18(4-2)23(26)16-22/h8,11-17,19H,3-7,9-10H2,1-2H3/b11-8+. The van der Waals surface area contributed by atoms with Gasteiger partial charge < -0.3 is 0 Å². The molecule has 28 heavy (non-hydrogen) atoms. The first-order chi connectivity index (χ1) is 13.5. The minimum Gasteiger partial charge on any atom is -0.207 e. The van der Waals surface area contributed by atoms with Crippen LogP contribution in [-0.4, -0.2) is 0 Å². The Kier molecular flexibility index (Phi) is 6.98. The van der Waals surface area contributed by atoms with E-state index in [1.165, 1.54) is 0 Å². The summed E-state index contributed by atoms with van der Waals surface area (Å²) in [5, 5.41) is 0. The van der Waals surface area contributed by atoms with E-state index < -0.39 is 11.6 Å². The quantitative estimate of drug-likeness (QED) is 0.479. The smallest absolute Gasteiger partial charge is 0.166 e. The fourth-order valence-electron chi connectivity index (χ4n) is 4.18. The third kappa shape index (κ3) is 4.68. The van der Waals surface area contributed by atoms with Gasteiger partial charge in [-0.1, -0.05) is 56.7 Å². The number of allylic oxidation sites excluding steroid dienone is 1. The summed E-state index contributed by atoms with van der Waals surface area (Å²) < 4.78 is 42.4. The zero-order valence-electron chi connectivity index (χ0n) is 16.8. The fraction of sp³-hybridized carbons (Fsp3) is 0.440. The van der Waals surface area contributed by atoms with E-state index in [1.807, 2.05) is 26.0 Å². The minimum atomic E-state index is -0.748. The molecule has 0 saturated heterocycles. The molecule has 1 saturated carbocycles. The van der Waals surface area contributed by atoms with Gasteiger partial charge in [-0.25, -0.2) is 13.2 Å². The van der Waals surface area contributed by atoms with Crippen LogP contribution in [0.2, 0.25) is 0 Å². The molecular weight excluding hydrogens is 357 g/mol. The van der Waals surface area contributed by atoms with Crippen molar-refractivity contribution in [1.82, 2.24) is 0 Å². The number of benzene rings is 2. The molecule has 0 radical (unpaired) electrons. The molecule has 0 nitrogen and oxygen atoms in total. The van der Waals surface area contributed by atoms with E-state index in [1.54, 1.807) is 24.3 Å². The second-order valence-electron chi connectivity index (χ2n) is 7.87. The van der Waals surface area contributed by atoms with Gasteiger partial charge in [0.25, 0.3) is 0 Å². The molecule has 0 atom stereocenters. The van der Waals surface area contributed by atoms with Crippen molar-refractivity contribution in [3.63, 3.8) is 0 Å². The minimum absolute atomic E-state index is 0.106. The van der Waals surface area contributed by atoms with Gasteiger partial charge >= 0.3 is 0 Å². The Morgan fingerprint density at radius 3 is 2.25 bits per heavy atom. The lowest BCUT2D eigenvalue weighted by Gasteiger charge is -2.27. The number of aryl methyl sites for hydroxylation is 2. The van der Waals surface area contributed by atoms with Crippen LogP contribution in [0.15, 0.2) is 36.4 Å². The molecule has 2 aromatic rings. The van der Waals surface area contributed by atoms with Crippen molar-refractivity contribution in [2.75, 3.05) is 0 Å². The maximum Gasteiger partial charge on any atom is 0.166 e. The lowest BCUT2D eigenvalue weighted by Crippen LogP contribution is -2.12. The number of hydrogen-bond acceptors (Lipinski definition) is 0. The highest BCUT2D eigenvalue weighted by atomic mass is 19.2. The summed E-state index contributed by atoms with van der Waals surface area (Å²) in [6.45, 7) is 3.91. The van der Waals surface area contributed by atoms with Crippen LogP contribution < -0.4 is 0 Å². The van der Waals surface area contributed by atoms with Gasteiger partial charge in [0.15, 0.2) is 11.6 Å². The van der Waals surface area contributed by atoms with Crippen molar-refractivity contribution in [3.8, 4) is 0 Å². The van der Waals surface area contributed by atoms with Crippen LogP contribution in [0.4, 0.5) is 13.2 Å². The second kappa shape index (κ2) is 9.45. The molecule has 3 rings (SSSR count). The van der Waals surface area contributed by atoms with Crippen LogP contribution >= 0.6 is 0 Å². The zero-order chi connectivity index (χ0) is 20.1. The van der Waals surface area contributed by atoms with E-state index in [-0.39, 0.29) is 5.82 Å². The molecule has 0 spiro atoms. The highest BCUT2D eigenvalue weighted by molar-refractivity contribution is 5.51. The van der Waals surface area contributed by atoms with E-state index >= 15 is 0 Å². The van der Waals surface area contributed by atoms with Crippen LogP contribution in [0.1, 0.15) is 74.1 Å². The summed E-state index contributed by atoms with van der Waals surface area (Å²) in [4.78, 5) is 0. The topological polar surface area (TPSA) is 0 Å². The molecular formula is C25H29F3. The maximum absolute atomic E-state index is 14.3. The SMILES string of the molecule is CCCc1ccc(/C=C/C2CCC(c3ccc(CC)c(F)c3)CC2)c(F)c1F. The van der Waals surface area contributed by atoms with E-state index in [0.29, 0.717) is 35.8 Å². The molecule has 0 amide bonds. The molecule has 0 heterocycles. The van der Waals surface area contributed by atoms with E-state index in [9.17, 15) is 13.2 Å². The van der Waals surface area contributed by atoms with Crippen molar-refractivity contribution >= 4 is 6.08 Å². The molecule has 1 aliphatic carbocycles. The van der Waals surface area contributed by atoms with Gasteiger partial charge in [0.2, 0.25) is 0 Å². The summed E-state index contributed by atoms with van der Waals surface area (Å²) in [6, 6.07) is 9.00. The van der Waals surface area contributed by atoms with Gasteiger partial charge in [0.05, 0.1) is 0 Å². The lowest BCUT2D eigenvalue weighted by atomic mass is 9.78. The third-order valence-corrected chi connectivity index (χ3v) is 5.96. The Morgan fingerprint density at radius 2 is 1.61 bits per heavy atom. The number of hydrogen-bond donors (Lipinski definition) is 0. The van der Waals surface area contributed by atoms with E-state index in [0.717, 1.165) is 43.2 Å². The highest BCUT2D eigenvalue weighted by Crippen LogP contribution is 2.37. The zero-order valence-corrected chi connectivity index (χ0v) is 16.8. The van der Waals surface area contributed by atoms with Gasteiger partial charge in [0.1, 0.15) is 5.82 Å². The average molecular weight is 387 g/mol. The lowest BCUT2D eigenvalue weighted by molar-refractivity contribution is 0.376. The Morgan fingerprint density at radius 1 is 0.893 bits per heavy atom. The largest absolute Gasteiger partial charge is 0.207 e. The molecule has 0 aromatic heterocycles. The summed E-state index contributed by atoms with van der Waals surface area (Å²) in [5.74, 6) is -0.833. The Labute approximate surface area is 166 Å². The first-order valence-electron chi connectivity index (χ1n) is 10.5.